The summed E-state index contributed by atoms with van der Waals surface area (Å²) < 4.78 is 0. The third-order valence-corrected chi connectivity index (χ3v) is 11.3. The Hall–Kier alpha value is -4.76. The van der Waals surface area contributed by atoms with E-state index in [-0.39, 0.29) is 6.04 Å². The van der Waals surface area contributed by atoms with Crippen molar-refractivity contribution in [1.29, 1.82) is 0 Å². The SMILES string of the molecule is CN1C(c2ccc(-c3ccccn3)cc2)=NC(C2=CC3=C(C=CCC3)C3C=CCCC23)=CC1C1=CC2=C(C=CCC2)C2C=CC=CC12. The Balaban J connectivity index is 1.19. The van der Waals surface area contributed by atoms with Gasteiger partial charge in [0.2, 0.25) is 0 Å². The van der Waals surface area contributed by atoms with Crippen LogP contribution in [0.4, 0.5) is 0 Å². The molecule has 9 rings (SSSR count). The van der Waals surface area contributed by atoms with Gasteiger partial charge in [-0.05, 0) is 96.1 Å². The summed E-state index contributed by atoms with van der Waals surface area (Å²) in [6.07, 6.45) is 40.0. The first-order valence-corrected chi connectivity index (χ1v) is 17.5. The standard InChI is InChI=1S/C44H41N3/c1-47-43(40-27-32-13-3-5-15-34(32)36-17-7-9-19-38(36)40)28-42(39-26-31-12-2-4-14-33(31)35-16-6-8-18-37(35)39)46-44(47)30-23-21-29(22-24-30)41-20-10-11-25-45-41/h4-7,9-11,14-17,19-28,35-38,43H,2-3,8,12-13,18H2,1H3. The summed E-state index contributed by atoms with van der Waals surface area (Å²) in [6.45, 7) is 0. The fraction of sp³-hybridized carbons (Fsp3) is 0.273. The summed E-state index contributed by atoms with van der Waals surface area (Å²) >= 11 is 0. The van der Waals surface area contributed by atoms with Crippen LogP contribution in [-0.4, -0.2) is 28.8 Å². The molecule has 1 aliphatic heterocycles. The zero-order valence-corrected chi connectivity index (χ0v) is 27.1. The second-order valence-corrected chi connectivity index (χ2v) is 13.9. The van der Waals surface area contributed by atoms with Crippen LogP contribution in [0.25, 0.3) is 11.3 Å². The lowest BCUT2D eigenvalue weighted by atomic mass is 9.67. The molecule has 3 nitrogen and oxygen atoms in total. The minimum Gasteiger partial charge on any atom is -0.349 e. The highest BCUT2D eigenvalue weighted by atomic mass is 15.2. The highest BCUT2D eigenvalue weighted by Crippen LogP contribution is 2.49. The lowest BCUT2D eigenvalue weighted by Crippen LogP contribution is -2.43. The average molecular weight is 612 g/mol. The Morgan fingerprint density at radius 2 is 1.47 bits per heavy atom. The van der Waals surface area contributed by atoms with E-state index in [2.05, 4.69) is 132 Å². The van der Waals surface area contributed by atoms with Gasteiger partial charge in [0.1, 0.15) is 5.84 Å². The smallest absolute Gasteiger partial charge is 0.137 e. The number of hydrogen-bond donors (Lipinski definition) is 0. The minimum absolute atomic E-state index is 0.108. The van der Waals surface area contributed by atoms with Gasteiger partial charge in [0.15, 0.2) is 0 Å². The quantitative estimate of drug-likeness (QED) is 0.322. The number of nitrogens with zero attached hydrogens (tertiary/aromatic N) is 3. The summed E-state index contributed by atoms with van der Waals surface area (Å²) in [6, 6.07) is 15.1. The van der Waals surface area contributed by atoms with Crippen molar-refractivity contribution in [3.63, 3.8) is 0 Å². The molecule has 47 heavy (non-hydrogen) atoms. The van der Waals surface area contributed by atoms with Crippen molar-refractivity contribution in [3.05, 3.63) is 172 Å². The lowest BCUT2D eigenvalue weighted by Gasteiger charge is -2.43. The molecule has 3 heteroatoms. The number of fused-ring (bicyclic) bond motifs is 4. The van der Waals surface area contributed by atoms with Crippen LogP contribution in [0.15, 0.2) is 172 Å². The van der Waals surface area contributed by atoms with Crippen LogP contribution < -0.4 is 0 Å². The van der Waals surface area contributed by atoms with E-state index in [9.17, 15) is 0 Å². The van der Waals surface area contributed by atoms with Crippen LogP contribution in [0, 0.1) is 23.7 Å². The van der Waals surface area contributed by atoms with Crippen LogP contribution >= 0.6 is 0 Å². The van der Waals surface area contributed by atoms with E-state index in [1.807, 2.05) is 12.3 Å². The number of aliphatic imine (C=N–C) groups is 1. The molecule has 232 valence electrons. The maximum absolute atomic E-state index is 5.59. The number of hydrogen-bond acceptors (Lipinski definition) is 3. The second kappa shape index (κ2) is 11.8. The average Bonchev–Trinajstić information content (AvgIpc) is 3.15. The highest BCUT2D eigenvalue weighted by molar-refractivity contribution is 6.01. The summed E-state index contributed by atoms with van der Waals surface area (Å²) in [5, 5.41) is 0. The molecule has 5 atom stereocenters. The molecule has 1 aromatic heterocycles. The summed E-state index contributed by atoms with van der Waals surface area (Å²) in [5.74, 6) is 2.66. The fourth-order valence-corrected chi connectivity index (χ4v) is 8.92. The van der Waals surface area contributed by atoms with Crippen LogP contribution in [-0.2, 0) is 0 Å². The van der Waals surface area contributed by atoms with Crippen molar-refractivity contribution >= 4 is 5.84 Å². The van der Waals surface area contributed by atoms with E-state index >= 15 is 0 Å². The molecular formula is C44H41N3. The number of pyridine rings is 1. The number of benzene rings is 1. The van der Waals surface area contributed by atoms with E-state index in [1.165, 1.54) is 45.6 Å². The monoisotopic (exact) mass is 611 g/mol. The summed E-state index contributed by atoms with van der Waals surface area (Å²) in [7, 11) is 2.25. The maximum atomic E-state index is 5.59. The van der Waals surface area contributed by atoms with Gasteiger partial charge in [-0.25, -0.2) is 4.99 Å². The number of amidine groups is 1. The predicted molar refractivity (Wildman–Crippen MR) is 193 cm³/mol. The number of rotatable bonds is 4. The summed E-state index contributed by atoms with van der Waals surface area (Å²) in [5.41, 5.74) is 13.4. The number of allylic oxidation sites excluding steroid dienone is 17. The van der Waals surface area contributed by atoms with Crippen molar-refractivity contribution < 1.29 is 0 Å². The van der Waals surface area contributed by atoms with Gasteiger partial charge in [-0.1, -0.05) is 103 Å². The van der Waals surface area contributed by atoms with Gasteiger partial charge in [-0.3, -0.25) is 4.98 Å². The van der Waals surface area contributed by atoms with Crippen LogP contribution in [0.2, 0.25) is 0 Å². The third-order valence-electron chi connectivity index (χ3n) is 11.3. The molecule has 2 aromatic rings. The van der Waals surface area contributed by atoms with Crippen LogP contribution in [0.1, 0.15) is 44.1 Å². The molecule has 2 heterocycles. The maximum Gasteiger partial charge on any atom is 0.137 e. The molecule has 0 saturated heterocycles. The molecule has 0 saturated carbocycles. The van der Waals surface area contributed by atoms with Gasteiger partial charge in [0.05, 0.1) is 17.4 Å². The third kappa shape index (κ3) is 4.95. The first-order valence-electron chi connectivity index (χ1n) is 17.5. The minimum atomic E-state index is 0.108. The Morgan fingerprint density at radius 3 is 2.26 bits per heavy atom. The topological polar surface area (TPSA) is 28.5 Å². The Kier molecular flexibility index (Phi) is 7.14. The second-order valence-electron chi connectivity index (χ2n) is 13.9. The highest BCUT2D eigenvalue weighted by Gasteiger charge is 2.40. The van der Waals surface area contributed by atoms with E-state index in [1.54, 1.807) is 0 Å². The molecule has 0 spiro atoms. The zero-order chi connectivity index (χ0) is 31.3. The lowest BCUT2D eigenvalue weighted by molar-refractivity contribution is 0.411. The van der Waals surface area contributed by atoms with E-state index < -0.39 is 0 Å². The largest absolute Gasteiger partial charge is 0.349 e. The van der Waals surface area contributed by atoms with Gasteiger partial charge in [-0.15, -0.1) is 0 Å². The van der Waals surface area contributed by atoms with Crippen LogP contribution in [0.3, 0.4) is 0 Å². The molecule has 0 radical (unpaired) electrons. The molecule has 6 aliphatic carbocycles. The van der Waals surface area contributed by atoms with Gasteiger partial charge < -0.3 is 4.90 Å². The van der Waals surface area contributed by atoms with Gasteiger partial charge >= 0.3 is 0 Å². The molecule has 0 amide bonds. The molecule has 0 bridgehead atoms. The van der Waals surface area contributed by atoms with Crippen LogP contribution in [0.5, 0.6) is 0 Å². The number of aromatic nitrogens is 1. The van der Waals surface area contributed by atoms with E-state index in [0.717, 1.165) is 54.8 Å². The number of likely N-dealkylation sites (N-methyl/N-ethyl adjacent to an activating group) is 1. The zero-order valence-electron chi connectivity index (χ0n) is 27.1. The molecule has 7 aliphatic rings. The van der Waals surface area contributed by atoms with Gasteiger partial charge in [0, 0.05) is 42.1 Å². The fourth-order valence-electron chi connectivity index (χ4n) is 8.92. The van der Waals surface area contributed by atoms with E-state index in [4.69, 9.17) is 4.99 Å². The van der Waals surface area contributed by atoms with Crippen molar-refractivity contribution in [2.75, 3.05) is 7.05 Å². The van der Waals surface area contributed by atoms with Crippen molar-refractivity contribution in [1.82, 2.24) is 9.88 Å². The van der Waals surface area contributed by atoms with Crippen molar-refractivity contribution in [2.24, 2.45) is 28.7 Å². The predicted octanol–water partition coefficient (Wildman–Crippen LogP) is 9.81. The Bertz CT molecular complexity index is 1950. The normalized spacial score (nSPS) is 29.0. The van der Waals surface area contributed by atoms with Crippen molar-refractivity contribution in [3.8, 4) is 11.3 Å². The first-order chi connectivity index (χ1) is 23.2. The Labute approximate surface area is 278 Å². The molecule has 0 fully saturated rings. The van der Waals surface area contributed by atoms with E-state index in [0.29, 0.717) is 23.7 Å². The van der Waals surface area contributed by atoms with Crippen molar-refractivity contribution in [2.45, 2.75) is 44.6 Å². The Morgan fingerprint density at radius 1 is 0.723 bits per heavy atom. The molecule has 0 N–H and O–H groups in total. The van der Waals surface area contributed by atoms with Gasteiger partial charge in [0.25, 0.3) is 0 Å². The van der Waals surface area contributed by atoms with Gasteiger partial charge in [-0.2, -0.15) is 0 Å². The molecular weight excluding hydrogens is 571 g/mol. The molecule has 5 unspecified atom stereocenters. The summed E-state index contributed by atoms with van der Waals surface area (Å²) in [4.78, 5) is 12.6. The first kappa shape index (κ1) is 28.5. The molecule has 1 aromatic carbocycles.